The Morgan fingerprint density at radius 2 is 2.17 bits per heavy atom. The van der Waals surface area contributed by atoms with Crippen LogP contribution >= 0.6 is 0 Å². The minimum atomic E-state index is 0.119. The predicted octanol–water partition coefficient (Wildman–Crippen LogP) is 1.86. The smallest absolute Gasteiger partial charge is 0.270 e. The molecule has 2 N–H and O–H groups in total. The summed E-state index contributed by atoms with van der Waals surface area (Å²) < 4.78 is 0. The Bertz CT molecular complexity index is 366. The number of hydrogen-bond acceptors (Lipinski definition) is 2. The molecular weight excluding hydrogens is 226 g/mol. The van der Waals surface area contributed by atoms with Crippen molar-refractivity contribution in [2.24, 2.45) is 5.92 Å². The van der Waals surface area contributed by atoms with Gasteiger partial charge in [0, 0.05) is 18.8 Å². The van der Waals surface area contributed by atoms with E-state index in [0.717, 1.165) is 19.6 Å². The van der Waals surface area contributed by atoms with Crippen molar-refractivity contribution in [2.75, 3.05) is 19.6 Å². The van der Waals surface area contributed by atoms with Crippen LogP contribution < -0.4 is 5.32 Å². The molecule has 100 valence electrons. The lowest BCUT2D eigenvalue weighted by Crippen LogP contribution is -2.43. The second-order valence-electron chi connectivity index (χ2n) is 5.33. The second kappa shape index (κ2) is 6.05. The highest BCUT2D eigenvalue weighted by molar-refractivity contribution is 5.92. The first-order chi connectivity index (χ1) is 8.68. The van der Waals surface area contributed by atoms with E-state index in [0.29, 0.717) is 11.6 Å². The van der Waals surface area contributed by atoms with Crippen molar-refractivity contribution >= 4 is 5.91 Å². The second-order valence-corrected chi connectivity index (χ2v) is 5.33. The molecule has 1 aliphatic heterocycles. The maximum Gasteiger partial charge on any atom is 0.270 e. The number of aromatic amines is 1. The van der Waals surface area contributed by atoms with Gasteiger partial charge in [-0.1, -0.05) is 0 Å². The lowest BCUT2D eigenvalue weighted by Gasteiger charge is -2.32. The van der Waals surface area contributed by atoms with E-state index in [1.807, 2.05) is 17.0 Å². The number of carbonyl (C=O) groups excluding carboxylic acids is 1. The van der Waals surface area contributed by atoms with Crippen LogP contribution in [0.3, 0.4) is 0 Å². The van der Waals surface area contributed by atoms with Crippen LogP contribution in [-0.4, -0.2) is 41.5 Å². The van der Waals surface area contributed by atoms with Crippen molar-refractivity contribution < 1.29 is 4.79 Å². The highest BCUT2D eigenvalue weighted by Crippen LogP contribution is 2.17. The number of hydrogen-bond donors (Lipinski definition) is 2. The number of carbonyl (C=O) groups is 1. The SMILES string of the molecule is CC(C)N(CC1CCNCC1)C(=O)c1ccc[nH]1. The summed E-state index contributed by atoms with van der Waals surface area (Å²) in [6, 6.07) is 3.96. The molecule has 4 nitrogen and oxygen atoms in total. The summed E-state index contributed by atoms with van der Waals surface area (Å²) in [6.07, 6.45) is 4.14. The third kappa shape index (κ3) is 3.13. The van der Waals surface area contributed by atoms with Gasteiger partial charge in [-0.3, -0.25) is 4.79 Å². The zero-order valence-electron chi connectivity index (χ0n) is 11.3. The van der Waals surface area contributed by atoms with E-state index in [4.69, 9.17) is 0 Å². The van der Waals surface area contributed by atoms with E-state index >= 15 is 0 Å². The number of rotatable bonds is 4. The van der Waals surface area contributed by atoms with Crippen molar-refractivity contribution in [2.45, 2.75) is 32.7 Å². The number of piperidine rings is 1. The molecule has 0 unspecified atom stereocenters. The third-order valence-corrected chi connectivity index (χ3v) is 3.63. The van der Waals surface area contributed by atoms with Crippen molar-refractivity contribution in [3.8, 4) is 0 Å². The van der Waals surface area contributed by atoms with Crippen LogP contribution in [0.4, 0.5) is 0 Å². The van der Waals surface area contributed by atoms with Crippen LogP contribution in [-0.2, 0) is 0 Å². The van der Waals surface area contributed by atoms with E-state index in [1.54, 1.807) is 6.20 Å². The minimum Gasteiger partial charge on any atom is -0.357 e. The molecule has 4 heteroatoms. The molecule has 1 fully saturated rings. The Morgan fingerprint density at radius 1 is 1.44 bits per heavy atom. The first-order valence-corrected chi connectivity index (χ1v) is 6.83. The molecular formula is C14H23N3O. The van der Waals surface area contributed by atoms with Gasteiger partial charge in [0.05, 0.1) is 0 Å². The van der Waals surface area contributed by atoms with Gasteiger partial charge < -0.3 is 15.2 Å². The highest BCUT2D eigenvalue weighted by Gasteiger charge is 2.24. The number of H-pyrrole nitrogens is 1. The van der Waals surface area contributed by atoms with Gasteiger partial charge in [0.2, 0.25) is 0 Å². The van der Waals surface area contributed by atoms with Crippen molar-refractivity contribution in [3.05, 3.63) is 24.0 Å². The Hall–Kier alpha value is -1.29. The Labute approximate surface area is 109 Å². The molecule has 0 spiro atoms. The van der Waals surface area contributed by atoms with Crippen LogP contribution in [0.5, 0.6) is 0 Å². The fourth-order valence-corrected chi connectivity index (χ4v) is 2.49. The van der Waals surface area contributed by atoms with E-state index in [-0.39, 0.29) is 11.9 Å². The van der Waals surface area contributed by atoms with Crippen molar-refractivity contribution in [1.82, 2.24) is 15.2 Å². The first kappa shape index (κ1) is 13.1. The summed E-state index contributed by atoms with van der Waals surface area (Å²) in [5.41, 5.74) is 0.692. The molecule has 1 aromatic heterocycles. The zero-order chi connectivity index (χ0) is 13.0. The Balaban J connectivity index is 2.01. The molecule has 18 heavy (non-hydrogen) atoms. The number of amides is 1. The number of nitrogens with zero attached hydrogens (tertiary/aromatic N) is 1. The molecule has 1 saturated heterocycles. The molecule has 0 aliphatic carbocycles. The van der Waals surface area contributed by atoms with Gasteiger partial charge >= 0.3 is 0 Å². The van der Waals surface area contributed by atoms with Crippen molar-refractivity contribution in [3.63, 3.8) is 0 Å². The minimum absolute atomic E-state index is 0.119. The molecule has 1 amide bonds. The molecule has 0 bridgehead atoms. The molecule has 0 saturated carbocycles. The van der Waals surface area contributed by atoms with Gasteiger partial charge in [-0.15, -0.1) is 0 Å². The summed E-state index contributed by atoms with van der Waals surface area (Å²) >= 11 is 0. The summed E-state index contributed by atoms with van der Waals surface area (Å²) in [6.45, 7) is 7.20. The summed E-state index contributed by atoms with van der Waals surface area (Å²) in [7, 11) is 0. The predicted molar refractivity (Wildman–Crippen MR) is 72.6 cm³/mol. The Morgan fingerprint density at radius 3 is 2.72 bits per heavy atom. The lowest BCUT2D eigenvalue weighted by molar-refractivity contribution is 0.0652. The third-order valence-electron chi connectivity index (χ3n) is 3.63. The van der Waals surface area contributed by atoms with Gasteiger partial charge in [-0.25, -0.2) is 0 Å². The fraction of sp³-hybridized carbons (Fsp3) is 0.643. The van der Waals surface area contributed by atoms with Crippen LogP contribution in [0.2, 0.25) is 0 Å². The summed E-state index contributed by atoms with van der Waals surface area (Å²) in [5.74, 6) is 0.751. The molecule has 0 aromatic carbocycles. The van der Waals surface area contributed by atoms with Gasteiger partial charge in [0.1, 0.15) is 5.69 Å². The largest absolute Gasteiger partial charge is 0.357 e. The van der Waals surface area contributed by atoms with Gasteiger partial charge in [-0.05, 0) is 57.8 Å². The van der Waals surface area contributed by atoms with Crippen LogP contribution in [0.25, 0.3) is 0 Å². The standard InChI is InChI=1S/C14H23N3O/c1-11(2)17(10-12-5-8-15-9-6-12)14(18)13-4-3-7-16-13/h3-4,7,11-12,15-16H,5-6,8-10H2,1-2H3. The van der Waals surface area contributed by atoms with E-state index in [9.17, 15) is 4.79 Å². The van der Waals surface area contributed by atoms with E-state index in [2.05, 4.69) is 24.1 Å². The molecule has 0 atom stereocenters. The van der Waals surface area contributed by atoms with Crippen molar-refractivity contribution in [1.29, 1.82) is 0 Å². The average Bonchev–Trinajstić information content (AvgIpc) is 2.90. The molecule has 1 aromatic rings. The summed E-state index contributed by atoms with van der Waals surface area (Å²) in [4.78, 5) is 17.4. The first-order valence-electron chi connectivity index (χ1n) is 6.83. The maximum absolute atomic E-state index is 12.4. The topological polar surface area (TPSA) is 48.1 Å². The van der Waals surface area contributed by atoms with Gasteiger partial charge in [-0.2, -0.15) is 0 Å². The monoisotopic (exact) mass is 249 g/mol. The van der Waals surface area contributed by atoms with Crippen LogP contribution in [0.1, 0.15) is 37.2 Å². The van der Waals surface area contributed by atoms with Crippen LogP contribution in [0.15, 0.2) is 18.3 Å². The number of aromatic nitrogens is 1. The summed E-state index contributed by atoms with van der Waals surface area (Å²) in [5, 5.41) is 3.36. The lowest BCUT2D eigenvalue weighted by atomic mass is 9.97. The Kier molecular flexibility index (Phi) is 4.42. The number of nitrogens with one attached hydrogen (secondary N) is 2. The molecule has 1 aliphatic rings. The quantitative estimate of drug-likeness (QED) is 0.855. The highest BCUT2D eigenvalue weighted by atomic mass is 16.2. The zero-order valence-corrected chi connectivity index (χ0v) is 11.3. The van der Waals surface area contributed by atoms with E-state index in [1.165, 1.54) is 12.8 Å². The average molecular weight is 249 g/mol. The molecule has 2 rings (SSSR count). The fourth-order valence-electron chi connectivity index (χ4n) is 2.49. The van der Waals surface area contributed by atoms with E-state index < -0.39 is 0 Å². The van der Waals surface area contributed by atoms with Crippen LogP contribution in [0, 0.1) is 5.92 Å². The normalized spacial score (nSPS) is 17.1. The molecule has 2 heterocycles. The molecule has 0 radical (unpaired) electrons. The van der Waals surface area contributed by atoms with Gasteiger partial charge in [0.25, 0.3) is 5.91 Å². The van der Waals surface area contributed by atoms with Gasteiger partial charge in [0.15, 0.2) is 0 Å². The maximum atomic E-state index is 12.4.